The van der Waals surface area contributed by atoms with E-state index in [2.05, 4.69) is 26.1 Å². The van der Waals surface area contributed by atoms with E-state index in [-0.39, 0.29) is 5.78 Å². The largest absolute Gasteiger partial charge is 0.497 e. The van der Waals surface area contributed by atoms with Crippen LogP contribution in [0.25, 0.3) is 10.9 Å². The van der Waals surface area contributed by atoms with Crippen molar-refractivity contribution in [3.63, 3.8) is 0 Å². The number of halogens is 1. The number of nitrogens with one attached hydrogen (secondary N) is 1. The standard InChI is InChI=1S/C15H11BrN2O2/c1-20-11-5-2-9(3-6-11)15(19)14-12-8-10(16)4-7-13(12)17-18-14/h2-8H,1H3,(H,17,18). The molecule has 1 heterocycles. The van der Waals surface area contributed by atoms with Crippen molar-refractivity contribution in [1.29, 1.82) is 0 Å². The molecule has 0 radical (unpaired) electrons. The number of rotatable bonds is 3. The first-order chi connectivity index (χ1) is 9.69. The Labute approximate surface area is 123 Å². The third kappa shape index (κ3) is 2.20. The maximum atomic E-state index is 12.5. The van der Waals surface area contributed by atoms with Crippen LogP contribution >= 0.6 is 15.9 Å². The molecule has 0 saturated heterocycles. The average Bonchev–Trinajstić information content (AvgIpc) is 2.89. The molecule has 3 aromatic rings. The van der Waals surface area contributed by atoms with E-state index in [0.717, 1.165) is 21.1 Å². The Morgan fingerprint density at radius 3 is 2.65 bits per heavy atom. The van der Waals surface area contributed by atoms with Crippen LogP contribution in [0.2, 0.25) is 0 Å². The summed E-state index contributed by atoms with van der Waals surface area (Å²) in [6, 6.07) is 12.7. The molecule has 0 saturated carbocycles. The Bertz CT molecular complexity index is 778. The van der Waals surface area contributed by atoms with Gasteiger partial charge in [0, 0.05) is 15.4 Å². The van der Waals surface area contributed by atoms with E-state index in [1.54, 1.807) is 31.4 Å². The van der Waals surface area contributed by atoms with Gasteiger partial charge in [-0.3, -0.25) is 9.89 Å². The predicted octanol–water partition coefficient (Wildman–Crippen LogP) is 3.57. The number of fused-ring (bicyclic) bond motifs is 1. The van der Waals surface area contributed by atoms with Crippen LogP contribution in [0, 0.1) is 0 Å². The second-order valence-electron chi connectivity index (χ2n) is 4.32. The summed E-state index contributed by atoms with van der Waals surface area (Å²) in [6.45, 7) is 0. The van der Waals surface area contributed by atoms with Crippen LogP contribution in [0.1, 0.15) is 16.1 Å². The van der Waals surface area contributed by atoms with E-state index in [1.807, 2.05) is 18.2 Å². The molecule has 5 heteroatoms. The molecule has 0 aliphatic carbocycles. The molecule has 0 aliphatic rings. The van der Waals surface area contributed by atoms with Gasteiger partial charge in [0.1, 0.15) is 11.4 Å². The summed E-state index contributed by atoms with van der Waals surface area (Å²) in [4.78, 5) is 12.5. The number of carbonyl (C=O) groups is 1. The molecule has 1 N–H and O–H groups in total. The van der Waals surface area contributed by atoms with Gasteiger partial charge in [0.05, 0.1) is 12.6 Å². The van der Waals surface area contributed by atoms with Gasteiger partial charge in [0.25, 0.3) is 0 Å². The van der Waals surface area contributed by atoms with E-state index in [4.69, 9.17) is 4.74 Å². The molecule has 100 valence electrons. The highest BCUT2D eigenvalue weighted by Crippen LogP contribution is 2.23. The first-order valence-corrected chi connectivity index (χ1v) is 6.81. The minimum atomic E-state index is -0.114. The normalized spacial score (nSPS) is 10.7. The van der Waals surface area contributed by atoms with Crippen LogP contribution in [0.15, 0.2) is 46.9 Å². The Hall–Kier alpha value is -2.14. The first-order valence-electron chi connectivity index (χ1n) is 6.01. The van der Waals surface area contributed by atoms with Crippen molar-refractivity contribution in [2.24, 2.45) is 0 Å². The van der Waals surface area contributed by atoms with Gasteiger partial charge in [-0.1, -0.05) is 15.9 Å². The van der Waals surface area contributed by atoms with Gasteiger partial charge in [-0.25, -0.2) is 0 Å². The Morgan fingerprint density at radius 2 is 1.95 bits per heavy atom. The summed E-state index contributed by atoms with van der Waals surface area (Å²) in [7, 11) is 1.59. The Kier molecular flexibility index (Phi) is 3.28. The number of benzene rings is 2. The Morgan fingerprint density at radius 1 is 1.20 bits per heavy atom. The summed E-state index contributed by atoms with van der Waals surface area (Å²) >= 11 is 3.41. The number of aromatic nitrogens is 2. The van der Waals surface area contributed by atoms with Crippen LogP contribution in [0.5, 0.6) is 5.75 Å². The summed E-state index contributed by atoms with van der Waals surface area (Å²) < 4.78 is 6.00. The number of ketones is 1. The van der Waals surface area contributed by atoms with Gasteiger partial charge in [-0.05, 0) is 42.5 Å². The van der Waals surface area contributed by atoms with Crippen molar-refractivity contribution in [3.05, 3.63) is 58.2 Å². The molecule has 0 spiro atoms. The summed E-state index contributed by atoms with van der Waals surface area (Å²) in [5, 5.41) is 7.81. The molecule has 3 rings (SSSR count). The fourth-order valence-corrected chi connectivity index (χ4v) is 2.40. The molecule has 0 amide bonds. The quantitative estimate of drug-likeness (QED) is 0.747. The fourth-order valence-electron chi connectivity index (χ4n) is 2.04. The highest BCUT2D eigenvalue weighted by molar-refractivity contribution is 9.10. The van der Waals surface area contributed by atoms with Crippen molar-refractivity contribution >= 4 is 32.6 Å². The lowest BCUT2D eigenvalue weighted by Gasteiger charge is -2.01. The number of aromatic amines is 1. The third-order valence-electron chi connectivity index (χ3n) is 3.09. The topological polar surface area (TPSA) is 55.0 Å². The SMILES string of the molecule is COc1ccc(C(=O)c2n[nH]c3ccc(Br)cc23)cc1. The van der Waals surface area contributed by atoms with Gasteiger partial charge < -0.3 is 4.74 Å². The number of ether oxygens (including phenoxy) is 1. The van der Waals surface area contributed by atoms with E-state index in [9.17, 15) is 4.79 Å². The molecule has 20 heavy (non-hydrogen) atoms. The zero-order valence-corrected chi connectivity index (χ0v) is 12.3. The van der Waals surface area contributed by atoms with Crippen LogP contribution < -0.4 is 4.74 Å². The van der Waals surface area contributed by atoms with Crippen LogP contribution in [-0.4, -0.2) is 23.1 Å². The number of methoxy groups -OCH3 is 1. The van der Waals surface area contributed by atoms with Crippen LogP contribution in [-0.2, 0) is 0 Å². The number of nitrogens with zero attached hydrogens (tertiary/aromatic N) is 1. The van der Waals surface area contributed by atoms with Crippen LogP contribution in [0.4, 0.5) is 0 Å². The molecule has 0 aliphatic heterocycles. The molecular weight excluding hydrogens is 320 g/mol. The highest BCUT2D eigenvalue weighted by Gasteiger charge is 2.16. The fraction of sp³-hybridized carbons (Fsp3) is 0.0667. The summed E-state index contributed by atoms with van der Waals surface area (Å²) in [6.07, 6.45) is 0. The second kappa shape index (κ2) is 5.09. The lowest BCUT2D eigenvalue weighted by Crippen LogP contribution is -2.02. The molecule has 0 fully saturated rings. The van der Waals surface area contributed by atoms with E-state index in [1.165, 1.54) is 0 Å². The van der Waals surface area contributed by atoms with Gasteiger partial charge in [0.15, 0.2) is 0 Å². The predicted molar refractivity (Wildman–Crippen MR) is 80.2 cm³/mol. The minimum Gasteiger partial charge on any atom is -0.497 e. The maximum Gasteiger partial charge on any atom is 0.213 e. The van der Waals surface area contributed by atoms with E-state index < -0.39 is 0 Å². The molecule has 0 atom stereocenters. The molecule has 0 bridgehead atoms. The second-order valence-corrected chi connectivity index (χ2v) is 5.24. The van der Waals surface area contributed by atoms with Crippen molar-refractivity contribution in [1.82, 2.24) is 10.2 Å². The maximum absolute atomic E-state index is 12.5. The highest BCUT2D eigenvalue weighted by atomic mass is 79.9. The lowest BCUT2D eigenvalue weighted by molar-refractivity contribution is 0.103. The lowest BCUT2D eigenvalue weighted by atomic mass is 10.1. The first kappa shape index (κ1) is 12.9. The molecule has 1 aromatic heterocycles. The third-order valence-corrected chi connectivity index (χ3v) is 3.59. The Balaban J connectivity index is 2.05. The zero-order valence-electron chi connectivity index (χ0n) is 10.7. The van der Waals surface area contributed by atoms with Crippen molar-refractivity contribution < 1.29 is 9.53 Å². The van der Waals surface area contributed by atoms with E-state index in [0.29, 0.717) is 11.3 Å². The molecular formula is C15H11BrN2O2. The van der Waals surface area contributed by atoms with Gasteiger partial charge in [-0.2, -0.15) is 5.10 Å². The number of hydrogen-bond acceptors (Lipinski definition) is 3. The van der Waals surface area contributed by atoms with Crippen LogP contribution in [0.3, 0.4) is 0 Å². The molecule has 2 aromatic carbocycles. The smallest absolute Gasteiger partial charge is 0.213 e. The summed E-state index contributed by atoms with van der Waals surface area (Å²) in [5.74, 6) is 0.605. The van der Waals surface area contributed by atoms with Crippen molar-refractivity contribution in [3.8, 4) is 5.75 Å². The monoisotopic (exact) mass is 330 g/mol. The van der Waals surface area contributed by atoms with Gasteiger partial charge >= 0.3 is 0 Å². The molecule has 0 unspecified atom stereocenters. The number of hydrogen-bond donors (Lipinski definition) is 1. The zero-order chi connectivity index (χ0) is 14.1. The van der Waals surface area contributed by atoms with Crippen molar-refractivity contribution in [2.45, 2.75) is 0 Å². The van der Waals surface area contributed by atoms with E-state index >= 15 is 0 Å². The average molecular weight is 331 g/mol. The number of H-pyrrole nitrogens is 1. The molecule has 4 nitrogen and oxygen atoms in total. The van der Waals surface area contributed by atoms with Gasteiger partial charge in [-0.15, -0.1) is 0 Å². The van der Waals surface area contributed by atoms with Gasteiger partial charge in [0.2, 0.25) is 5.78 Å². The minimum absolute atomic E-state index is 0.114. The summed E-state index contributed by atoms with van der Waals surface area (Å²) in [5.41, 5.74) is 1.84. The van der Waals surface area contributed by atoms with Crippen molar-refractivity contribution in [2.75, 3.05) is 7.11 Å². The number of carbonyl (C=O) groups excluding carboxylic acids is 1.